The Kier molecular flexibility index (Phi) is 1.79. The molecule has 0 spiro atoms. The number of aromatic nitrogens is 3. The van der Waals surface area contributed by atoms with Crippen LogP contribution in [0.15, 0.2) is 0 Å². The highest BCUT2D eigenvalue weighted by atomic mass is 16.4. The molecule has 1 aliphatic heterocycles. The number of aliphatic carboxylic acids is 1. The zero-order valence-electron chi connectivity index (χ0n) is 7.40. The van der Waals surface area contributed by atoms with Gasteiger partial charge in [-0.2, -0.15) is 0 Å². The first kappa shape index (κ1) is 8.22. The first-order valence-corrected chi connectivity index (χ1v) is 4.30. The molecule has 0 bridgehead atoms. The van der Waals surface area contributed by atoms with Gasteiger partial charge in [0.2, 0.25) is 0 Å². The number of fused-ring (bicyclic) bond motifs is 1. The van der Waals surface area contributed by atoms with E-state index in [1.54, 1.807) is 0 Å². The molecule has 2 heterocycles. The zero-order chi connectivity index (χ0) is 9.42. The van der Waals surface area contributed by atoms with Crippen LogP contribution in [0.3, 0.4) is 0 Å². The molecule has 1 aromatic rings. The topological polar surface area (TPSA) is 68.0 Å². The SMILES string of the molecule is Cc1nnc2n1CC(C(=O)O)CC2. The van der Waals surface area contributed by atoms with Gasteiger partial charge in [0.05, 0.1) is 5.92 Å². The average Bonchev–Trinajstić information content (AvgIpc) is 2.47. The van der Waals surface area contributed by atoms with Crippen LogP contribution in [0.5, 0.6) is 0 Å². The van der Waals surface area contributed by atoms with Gasteiger partial charge in [-0.05, 0) is 13.3 Å². The van der Waals surface area contributed by atoms with Gasteiger partial charge < -0.3 is 9.67 Å². The number of nitrogens with zero attached hydrogens (tertiary/aromatic N) is 3. The molecule has 1 aliphatic rings. The summed E-state index contributed by atoms with van der Waals surface area (Å²) < 4.78 is 1.89. The number of hydrogen-bond acceptors (Lipinski definition) is 3. The normalized spacial score (nSPS) is 21.2. The van der Waals surface area contributed by atoms with Crippen molar-refractivity contribution in [3.63, 3.8) is 0 Å². The van der Waals surface area contributed by atoms with E-state index in [1.165, 1.54) is 0 Å². The van der Waals surface area contributed by atoms with Crippen molar-refractivity contribution >= 4 is 5.97 Å². The van der Waals surface area contributed by atoms with Crippen molar-refractivity contribution in [1.82, 2.24) is 14.8 Å². The van der Waals surface area contributed by atoms with Gasteiger partial charge in [-0.1, -0.05) is 0 Å². The molecule has 0 amide bonds. The van der Waals surface area contributed by atoms with E-state index in [2.05, 4.69) is 10.2 Å². The Morgan fingerprint density at radius 3 is 3.08 bits per heavy atom. The van der Waals surface area contributed by atoms with Gasteiger partial charge >= 0.3 is 5.97 Å². The summed E-state index contributed by atoms with van der Waals surface area (Å²) in [7, 11) is 0. The van der Waals surface area contributed by atoms with Crippen LogP contribution in [0.2, 0.25) is 0 Å². The minimum absolute atomic E-state index is 0.276. The second-order valence-electron chi connectivity index (χ2n) is 3.35. The summed E-state index contributed by atoms with van der Waals surface area (Å²) in [5.41, 5.74) is 0. The van der Waals surface area contributed by atoms with E-state index in [9.17, 15) is 4.79 Å². The summed E-state index contributed by atoms with van der Waals surface area (Å²) in [4.78, 5) is 10.7. The molecule has 5 heteroatoms. The Balaban J connectivity index is 2.27. The monoisotopic (exact) mass is 181 g/mol. The second kappa shape index (κ2) is 2.83. The third-order valence-electron chi connectivity index (χ3n) is 2.48. The highest BCUT2D eigenvalue weighted by Crippen LogP contribution is 2.19. The van der Waals surface area contributed by atoms with Gasteiger partial charge in [-0.15, -0.1) is 10.2 Å². The molecule has 0 fully saturated rings. The predicted molar refractivity (Wildman–Crippen MR) is 44.2 cm³/mol. The maximum absolute atomic E-state index is 10.7. The molecular formula is C8H11N3O2. The van der Waals surface area contributed by atoms with Crippen LogP contribution in [-0.2, 0) is 17.8 Å². The molecule has 0 aromatic carbocycles. The van der Waals surface area contributed by atoms with E-state index in [1.807, 2.05) is 11.5 Å². The summed E-state index contributed by atoms with van der Waals surface area (Å²) in [5, 5.41) is 16.7. The first-order chi connectivity index (χ1) is 6.18. The maximum Gasteiger partial charge on any atom is 0.308 e. The minimum Gasteiger partial charge on any atom is -0.481 e. The fourth-order valence-corrected chi connectivity index (χ4v) is 1.66. The fraction of sp³-hybridized carbons (Fsp3) is 0.625. The third-order valence-corrected chi connectivity index (χ3v) is 2.48. The quantitative estimate of drug-likeness (QED) is 0.673. The van der Waals surface area contributed by atoms with E-state index in [4.69, 9.17) is 5.11 Å². The smallest absolute Gasteiger partial charge is 0.308 e. The van der Waals surface area contributed by atoms with Crippen LogP contribution in [0.25, 0.3) is 0 Å². The lowest BCUT2D eigenvalue weighted by atomic mass is 10.00. The van der Waals surface area contributed by atoms with Gasteiger partial charge in [0.1, 0.15) is 11.6 Å². The molecule has 5 nitrogen and oxygen atoms in total. The molecule has 2 rings (SSSR count). The fourth-order valence-electron chi connectivity index (χ4n) is 1.66. The van der Waals surface area contributed by atoms with Crippen molar-refractivity contribution < 1.29 is 9.90 Å². The molecule has 1 unspecified atom stereocenters. The summed E-state index contributed by atoms with van der Waals surface area (Å²) in [6, 6.07) is 0. The number of aryl methyl sites for hydroxylation is 2. The molecule has 13 heavy (non-hydrogen) atoms. The second-order valence-corrected chi connectivity index (χ2v) is 3.35. The van der Waals surface area contributed by atoms with Gasteiger partial charge in [-0.3, -0.25) is 4.79 Å². The molecule has 0 radical (unpaired) electrons. The number of carboxylic acid groups (broad SMARTS) is 1. The van der Waals surface area contributed by atoms with Crippen molar-refractivity contribution in [2.24, 2.45) is 5.92 Å². The molecule has 70 valence electrons. The van der Waals surface area contributed by atoms with Crippen molar-refractivity contribution in [2.45, 2.75) is 26.3 Å². The molecule has 0 aliphatic carbocycles. The standard InChI is InChI=1S/C8H11N3O2/c1-5-9-10-7-3-2-6(8(12)13)4-11(5)7/h6H,2-4H2,1H3,(H,12,13). The third kappa shape index (κ3) is 1.30. The molecule has 1 atom stereocenters. The summed E-state index contributed by atoms with van der Waals surface area (Å²) in [6.07, 6.45) is 1.39. The highest BCUT2D eigenvalue weighted by molar-refractivity contribution is 5.70. The number of rotatable bonds is 1. The lowest BCUT2D eigenvalue weighted by Gasteiger charge is -2.20. The van der Waals surface area contributed by atoms with Crippen molar-refractivity contribution in [3.8, 4) is 0 Å². The van der Waals surface area contributed by atoms with Gasteiger partial charge in [0, 0.05) is 13.0 Å². The molecular weight excluding hydrogens is 170 g/mol. The summed E-state index contributed by atoms with van der Waals surface area (Å²) in [5.74, 6) is 0.719. The Labute approximate surface area is 75.4 Å². The van der Waals surface area contributed by atoms with E-state index in [0.717, 1.165) is 18.1 Å². The number of carboxylic acids is 1. The Hall–Kier alpha value is -1.39. The van der Waals surface area contributed by atoms with Gasteiger partial charge in [-0.25, -0.2) is 0 Å². The predicted octanol–water partition coefficient (Wildman–Crippen LogP) is 0.234. The molecule has 1 N–H and O–H groups in total. The first-order valence-electron chi connectivity index (χ1n) is 4.30. The van der Waals surface area contributed by atoms with Crippen LogP contribution in [0, 0.1) is 12.8 Å². The van der Waals surface area contributed by atoms with E-state index in [0.29, 0.717) is 13.0 Å². The van der Waals surface area contributed by atoms with E-state index in [-0.39, 0.29) is 5.92 Å². The molecule has 0 saturated heterocycles. The molecule has 0 saturated carbocycles. The highest BCUT2D eigenvalue weighted by Gasteiger charge is 2.25. The van der Waals surface area contributed by atoms with Crippen molar-refractivity contribution in [2.75, 3.05) is 0 Å². The summed E-state index contributed by atoms with van der Waals surface area (Å²) in [6.45, 7) is 2.37. The van der Waals surface area contributed by atoms with Crippen molar-refractivity contribution in [3.05, 3.63) is 11.6 Å². The number of carbonyl (C=O) groups is 1. The minimum atomic E-state index is -0.723. The Morgan fingerprint density at radius 1 is 1.62 bits per heavy atom. The van der Waals surface area contributed by atoms with E-state index >= 15 is 0 Å². The largest absolute Gasteiger partial charge is 0.481 e. The lowest BCUT2D eigenvalue weighted by Crippen LogP contribution is -2.27. The van der Waals surface area contributed by atoms with Crippen LogP contribution in [0.1, 0.15) is 18.1 Å². The maximum atomic E-state index is 10.7. The van der Waals surface area contributed by atoms with Crippen LogP contribution in [-0.4, -0.2) is 25.8 Å². The lowest BCUT2D eigenvalue weighted by molar-refractivity contribution is -0.142. The average molecular weight is 181 g/mol. The van der Waals surface area contributed by atoms with Crippen molar-refractivity contribution in [1.29, 1.82) is 0 Å². The van der Waals surface area contributed by atoms with Crippen LogP contribution >= 0.6 is 0 Å². The zero-order valence-corrected chi connectivity index (χ0v) is 7.40. The van der Waals surface area contributed by atoms with Gasteiger partial charge in [0.15, 0.2) is 0 Å². The van der Waals surface area contributed by atoms with Crippen LogP contribution < -0.4 is 0 Å². The van der Waals surface area contributed by atoms with Crippen LogP contribution in [0.4, 0.5) is 0 Å². The van der Waals surface area contributed by atoms with E-state index < -0.39 is 5.97 Å². The molecule has 1 aromatic heterocycles. The summed E-state index contributed by atoms with van der Waals surface area (Å²) >= 11 is 0. The Morgan fingerprint density at radius 2 is 2.38 bits per heavy atom. The van der Waals surface area contributed by atoms with Gasteiger partial charge in [0.25, 0.3) is 0 Å². The Bertz CT molecular complexity index is 345. The number of hydrogen-bond donors (Lipinski definition) is 1.